The molecule has 1 aromatic rings. The molecule has 0 saturated heterocycles. The van der Waals surface area contributed by atoms with Crippen LogP contribution in [0, 0.1) is 6.57 Å². The summed E-state index contributed by atoms with van der Waals surface area (Å²) in [6.07, 6.45) is 9.19. The Kier molecular flexibility index (Phi) is 6.62. The van der Waals surface area contributed by atoms with E-state index in [0.29, 0.717) is 0 Å². The number of carboxylic acid groups (broad SMARTS) is 1. The Balaban J connectivity index is 2.26. The number of nitrogens with zero attached hydrogens (tertiary/aromatic N) is 3. The molecular formula is C22H25N3O2. The molecule has 0 radical (unpaired) electrons. The number of rotatable bonds is 6. The predicted octanol–water partition coefficient (Wildman–Crippen LogP) is 4.19. The first-order valence-corrected chi connectivity index (χ1v) is 8.71. The Labute approximate surface area is 161 Å². The smallest absolute Gasteiger partial charge is 0.333 e. The molecule has 0 heterocycles. The van der Waals surface area contributed by atoms with Crippen molar-refractivity contribution in [1.82, 2.24) is 4.90 Å². The fourth-order valence-electron chi connectivity index (χ4n) is 3.06. The Morgan fingerprint density at radius 2 is 1.78 bits per heavy atom. The van der Waals surface area contributed by atoms with Crippen LogP contribution in [0.2, 0.25) is 0 Å². The summed E-state index contributed by atoms with van der Waals surface area (Å²) in [5.41, 5.74) is 5.05. The molecule has 1 aliphatic rings. The van der Waals surface area contributed by atoms with Crippen molar-refractivity contribution in [1.29, 1.82) is 0 Å². The zero-order chi connectivity index (χ0) is 20.0. The van der Waals surface area contributed by atoms with Gasteiger partial charge in [-0.1, -0.05) is 30.4 Å². The van der Waals surface area contributed by atoms with Gasteiger partial charge in [-0.15, -0.1) is 0 Å². The molecule has 140 valence electrons. The van der Waals surface area contributed by atoms with Gasteiger partial charge in [-0.2, -0.15) is 0 Å². The molecule has 5 heteroatoms. The van der Waals surface area contributed by atoms with Gasteiger partial charge in [0.1, 0.15) is 0 Å². The Morgan fingerprint density at radius 1 is 1.11 bits per heavy atom. The molecule has 0 unspecified atom stereocenters. The number of carbonyl (C=O) groups is 1. The van der Waals surface area contributed by atoms with Gasteiger partial charge < -0.3 is 14.9 Å². The van der Waals surface area contributed by atoms with Gasteiger partial charge in [0.2, 0.25) is 0 Å². The van der Waals surface area contributed by atoms with Gasteiger partial charge >= 0.3 is 5.97 Å². The monoisotopic (exact) mass is 363 g/mol. The van der Waals surface area contributed by atoms with Crippen LogP contribution < -0.4 is 4.90 Å². The SMILES string of the molecule is [C-]#[N+]/C(=C\C1=C(N(C)C)C(=C/C=C/c2ccc(N(C)C)cc2)/CC1)C(=O)O. The lowest BCUT2D eigenvalue weighted by molar-refractivity contribution is -0.132. The van der Waals surface area contributed by atoms with Crippen molar-refractivity contribution < 1.29 is 9.90 Å². The standard InChI is InChI=1S/C22H25N3O2/c1-23-20(22(26)27)15-18-12-11-17(21(18)25(4)5)8-6-7-16-9-13-19(14-10-16)24(2)3/h6-10,13-15H,11-12H2,2-5H3,(H,26,27)/b7-6+,17-8+,20-15-. The summed E-state index contributed by atoms with van der Waals surface area (Å²) in [6.45, 7) is 7.04. The first kappa shape index (κ1) is 20.1. The normalized spacial score (nSPS) is 16.1. The molecule has 5 nitrogen and oxygen atoms in total. The zero-order valence-electron chi connectivity index (χ0n) is 16.2. The van der Waals surface area contributed by atoms with Crippen LogP contribution in [-0.2, 0) is 4.79 Å². The van der Waals surface area contributed by atoms with Gasteiger partial charge in [-0.25, -0.2) is 4.85 Å². The molecule has 0 atom stereocenters. The van der Waals surface area contributed by atoms with Gasteiger partial charge in [0.15, 0.2) is 0 Å². The van der Waals surface area contributed by atoms with Crippen molar-refractivity contribution >= 4 is 17.7 Å². The molecule has 1 N–H and O–H groups in total. The van der Waals surface area contributed by atoms with Gasteiger partial charge in [0.25, 0.3) is 5.70 Å². The van der Waals surface area contributed by atoms with E-state index in [0.717, 1.165) is 40.9 Å². The van der Waals surface area contributed by atoms with E-state index in [2.05, 4.69) is 46.2 Å². The summed E-state index contributed by atoms with van der Waals surface area (Å²) < 4.78 is 0. The van der Waals surface area contributed by atoms with Crippen molar-refractivity contribution in [2.75, 3.05) is 33.1 Å². The maximum atomic E-state index is 11.1. The number of allylic oxidation sites excluding steroid dienone is 5. The molecule has 0 amide bonds. The summed E-state index contributed by atoms with van der Waals surface area (Å²) in [6, 6.07) is 8.30. The zero-order valence-corrected chi connectivity index (χ0v) is 16.2. The summed E-state index contributed by atoms with van der Waals surface area (Å²) >= 11 is 0. The molecule has 0 bridgehead atoms. The van der Waals surface area contributed by atoms with Crippen LogP contribution in [0.25, 0.3) is 10.9 Å². The van der Waals surface area contributed by atoms with E-state index in [1.54, 1.807) is 0 Å². The van der Waals surface area contributed by atoms with E-state index >= 15 is 0 Å². The lowest BCUT2D eigenvalue weighted by Gasteiger charge is -2.17. The number of benzene rings is 1. The third kappa shape index (κ3) is 5.11. The number of likely N-dealkylation sites (N-methyl/N-ethyl adjacent to an activating group) is 1. The van der Waals surface area contributed by atoms with Crippen LogP contribution >= 0.6 is 0 Å². The molecule has 27 heavy (non-hydrogen) atoms. The summed E-state index contributed by atoms with van der Waals surface area (Å²) in [4.78, 5) is 18.3. The van der Waals surface area contributed by atoms with Crippen LogP contribution in [0.4, 0.5) is 5.69 Å². The Bertz CT molecular complexity index is 864. The highest BCUT2D eigenvalue weighted by Crippen LogP contribution is 2.34. The third-order valence-corrected chi connectivity index (χ3v) is 4.37. The lowest BCUT2D eigenvalue weighted by Crippen LogP contribution is -2.12. The van der Waals surface area contributed by atoms with Crippen LogP contribution in [0.5, 0.6) is 0 Å². The van der Waals surface area contributed by atoms with E-state index < -0.39 is 5.97 Å². The quantitative estimate of drug-likeness (QED) is 0.608. The van der Waals surface area contributed by atoms with Crippen LogP contribution in [0.3, 0.4) is 0 Å². The maximum absolute atomic E-state index is 11.1. The van der Waals surface area contributed by atoms with E-state index in [1.165, 1.54) is 6.08 Å². The Hall–Kier alpha value is -3.26. The molecule has 0 aliphatic heterocycles. The number of hydrogen-bond donors (Lipinski definition) is 1. The molecule has 2 rings (SSSR count). The van der Waals surface area contributed by atoms with E-state index in [9.17, 15) is 4.79 Å². The van der Waals surface area contributed by atoms with Crippen LogP contribution in [0.15, 0.2) is 65.0 Å². The van der Waals surface area contributed by atoms with Crippen molar-refractivity contribution in [3.05, 3.63) is 82.0 Å². The highest BCUT2D eigenvalue weighted by molar-refractivity contribution is 5.89. The minimum Gasteiger partial charge on any atom is -0.486 e. The topological polar surface area (TPSA) is 48.1 Å². The van der Waals surface area contributed by atoms with Gasteiger partial charge in [-0.05, 0) is 47.8 Å². The molecule has 0 saturated carbocycles. The maximum Gasteiger partial charge on any atom is 0.333 e. The molecule has 1 aliphatic carbocycles. The average molecular weight is 363 g/mol. The van der Waals surface area contributed by atoms with Gasteiger partial charge in [-0.3, -0.25) is 4.79 Å². The minimum atomic E-state index is -1.19. The fourth-order valence-corrected chi connectivity index (χ4v) is 3.06. The third-order valence-electron chi connectivity index (χ3n) is 4.37. The Morgan fingerprint density at radius 3 is 2.30 bits per heavy atom. The number of carboxylic acids is 1. The second-order valence-corrected chi connectivity index (χ2v) is 6.75. The molecule has 0 spiro atoms. The van der Waals surface area contributed by atoms with E-state index in [1.807, 2.05) is 39.2 Å². The number of aliphatic carboxylic acids is 1. The number of anilines is 1. The highest BCUT2D eigenvalue weighted by atomic mass is 16.4. The van der Waals surface area contributed by atoms with Crippen molar-refractivity contribution in [2.45, 2.75) is 12.8 Å². The minimum absolute atomic E-state index is 0.248. The number of hydrogen-bond acceptors (Lipinski definition) is 3. The largest absolute Gasteiger partial charge is 0.486 e. The lowest BCUT2D eigenvalue weighted by atomic mass is 10.1. The van der Waals surface area contributed by atoms with Gasteiger partial charge in [0.05, 0.1) is 6.57 Å². The van der Waals surface area contributed by atoms with Crippen molar-refractivity contribution in [3.8, 4) is 0 Å². The first-order valence-electron chi connectivity index (χ1n) is 8.71. The van der Waals surface area contributed by atoms with Crippen LogP contribution in [0.1, 0.15) is 18.4 Å². The summed E-state index contributed by atoms with van der Waals surface area (Å²) in [5, 5.41) is 9.10. The average Bonchev–Trinajstić information content (AvgIpc) is 3.02. The summed E-state index contributed by atoms with van der Waals surface area (Å²) in [7, 11) is 7.90. The van der Waals surface area contributed by atoms with E-state index in [4.69, 9.17) is 11.7 Å². The second kappa shape index (κ2) is 8.91. The van der Waals surface area contributed by atoms with E-state index in [-0.39, 0.29) is 5.70 Å². The summed E-state index contributed by atoms with van der Waals surface area (Å²) in [5.74, 6) is -1.19. The fraction of sp³-hybridized carbons (Fsp3) is 0.273. The van der Waals surface area contributed by atoms with Gasteiger partial charge in [0, 0.05) is 39.6 Å². The second-order valence-electron chi connectivity index (χ2n) is 6.75. The first-order chi connectivity index (χ1) is 12.8. The predicted molar refractivity (Wildman–Crippen MR) is 110 cm³/mol. The van der Waals surface area contributed by atoms with Crippen LogP contribution in [-0.4, -0.2) is 44.2 Å². The molecule has 0 fully saturated rings. The van der Waals surface area contributed by atoms with Crippen molar-refractivity contribution in [2.24, 2.45) is 0 Å². The molecule has 1 aromatic carbocycles. The molecular weight excluding hydrogens is 338 g/mol. The van der Waals surface area contributed by atoms with Crippen molar-refractivity contribution in [3.63, 3.8) is 0 Å². The highest BCUT2D eigenvalue weighted by Gasteiger charge is 2.21. The molecule has 0 aromatic heterocycles.